The lowest BCUT2D eigenvalue weighted by molar-refractivity contribution is -0.112. The molecule has 3 aromatic rings. The Hall–Kier alpha value is -3.27. The van der Waals surface area contributed by atoms with Crippen molar-refractivity contribution < 1.29 is 18.7 Å². The predicted octanol–water partition coefficient (Wildman–Crippen LogP) is 4.78. The van der Waals surface area contributed by atoms with Crippen molar-refractivity contribution >= 4 is 45.6 Å². The molecule has 4 rings (SSSR count). The van der Waals surface area contributed by atoms with Crippen LogP contribution in [-0.2, 0) is 9.53 Å². The highest BCUT2D eigenvalue weighted by Crippen LogP contribution is 2.33. The standard InChI is InChI=1S/C25H27ClFN5O3/c1-34-10-9-32-7-5-16(6-8-32)11-24(33)31-22-13-18-21(14-23(22)35-2)28-15-29-25(18)30-17-3-4-20(27)19(26)12-17/h3-4,11-15H,5-10H2,1-2H3,(H,31,33)(H,28,29,30). The van der Waals surface area contributed by atoms with Crippen molar-refractivity contribution in [3.05, 3.63) is 59.1 Å². The number of fused-ring (bicyclic) bond motifs is 1. The quantitative estimate of drug-likeness (QED) is 0.431. The van der Waals surface area contributed by atoms with E-state index in [1.165, 1.54) is 25.6 Å². The van der Waals surface area contributed by atoms with E-state index in [4.69, 9.17) is 21.1 Å². The van der Waals surface area contributed by atoms with Crippen molar-refractivity contribution in [2.45, 2.75) is 12.8 Å². The first-order valence-corrected chi connectivity index (χ1v) is 11.6. The molecule has 1 aromatic heterocycles. The number of aromatic nitrogens is 2. The Labute approximate surface area is 208 Å². The number of nitrogens with one attached hydrogen (secondary N) is 2. The molecular weight excluding hydrogens is 473 g/mol. The van der Waals surface area contributed by atoms with Crippen LogP contribution in [0.3, 0.4) is 0 Å². The van der Waals surface area contributed by atoms with E-state index in [0.717, 1.165) is 38.0 Å². The number of hydrogen-bond acceptors (Lipinski definition) is 7. The first-order valence-electron chi connectivity index (χ1n) is 11.2. The Morgan fingerprint density at radius 1 is 1.20 bits per heavy atom. The van der Waals surface area contributed by atoms with Gasteiger partial charge in [0.1, 0.15) is 23.7 Å². The molecule has 2 aromatic carbocycles. The van der Waals surface area contributed by atoms with E-state index in [9.17, 15) is 9.18 Å². The molecule has 0 atom stereocenters. The molecule has 1 aliphatic rings. The average Bonchev–Trinajstić information content (AvgIpc) is 2.86. The third-order valence-corrected chi connectivity index (χ3v) is 6.13. The van der Waals surface area contributed by atoms with Gasteiger partial charge in [0.05, 0.1) is 29.9 Å². The molecule has 0 aliphatic carbocycles. The van der Waals surface area contributed by atoms with Crippen LogP contribution in [0.1, 0.15) is 12.8 Å². The fourth-order valence-electron chi connectivity index (χ4n) is 3.94. The maximum atomic E-state index is 13.5. The van der Waals surface area contributed by atoms with Crippen LogP contribution in [0.4, 0.5) is 21.6 Å². The van der Waals surface area contributed by atoms with Crippen molar-refractivity contribution in [2.24, 2.45) is 0 Å². The maximum absolute atomic E-state index is 13.5. The molecule has 1 amide bonds. The van der Waals surface area contributed by atoms with E-state index >= 15 is 0 Å². The lowest BCUT2D eigenvalue weighted by atomic mass is 10.0. The number of piperidine rings is 1. The molecule has 0 unspecified atom stereocenters. The van der Waals surface area contributed by atoms with E-state index in [0.29, 0.717) is 40.5 Å². The van der Waals surface area contributed by atoms with Gasteiger partial charge < -0.3 is 25.0 Å². The number of carbonyl (C=O) groups excluding carboxylic acids is 1. The van der Waals surface area contributed by atoms with Gasteiger partial charge in [0.15, 0.2) is 0 Å². The van der Waals surface area contributed by atoms with Gasteiger partial charge in [-0.2, -0.15) is 0 Å². The predicted molar refractivity (Wildman–Crippen MR) is 135 cm³/mol. The molecule has 1 fully saturated rings. The van der Waals surface area contributed by atoms with Gasteiger partial charge in [-0.25, -0.2) is 14.4 Å². The summed E-state index contributed by atoms with van der Waals surface area (Å²) in [6.07, 6.45) is 4.76. The Morgan fingerprint density at radius 3 is 2.71 bits per heavy atom. The summed E-state index contributed by atoms with van der Waals surface area (Å²) >= 11 is 5.91. The van der Waals surface area contributed by atoms with Crippen molar-refractivity contribution in [2.75, 3.05) is 51.1 Å². The SMILES string of the molecule is COCCN1CCC(=CC(=O)Nc2cc3c(Nc4ccc(F)c(Cl)c4)ncnc3cc2OC)CC1. The van der Waals surface area contributed by atoms with Gasteiger partial charge in [-0.3, -0.25) is 4.79 Å². The molecular formula is C25H27ClFN5O3. The molecule has 184 valence electrons. The van der Waals surface area contributed by atoms with E-state index in [2.05, 4.69) is 25.5 Å². The molecule has 0 bridgehead atoms. The van der Waals surface area contributed by atoms with Crippen molar-refractivity contribution in [3.63, 3.8) is 0 Å². The number of nitrogens with zero attached hydrogens (tertiary/aromatic N) is 3. The fraction of sp³-hybridized carbons (Fsp3) is 0.320. The van der Waals surface area contributed by atoms with E-state index < -0.39 is 5.82 Å². The number of amides is 1. The smallest absolute Gasteiger partial charge is 0.248 e. The van der Waals surface area contributed by atoms with E-state index in [1.54, 1.807) is 31.4 Å². The monoisotopic (exact) mass is 499 g/mol. The van der Waals surface area contributed by atoms with Crippen molar-refractivity contribution in [1.82, 2.24) is 14.9 Å². The summed E-state index contributed by atoms with van der Waals surface area (Å²) in [4.78, 5) is 23.8. The lowest BCUT2D eigenvalue weighted by Crippen LogP contribution is -2.33. The third-order valence-electron chi connectivity index (χ3n) is 5.84. The number of anilines is 3. The second-order valence-corrected chi connectivity index (χ2v) is 8.58. The Morgan fingerprint density at radius 2 is 2.00 bits per heavy atom. The number of benzene rings is 2. The molecule has 0 saturated carbocycles. The number of methoxy groups -OCH3 is 2. The van der Waals surface area contributed by atoms with Gasteiger partial charge >= 0.3 is 0 Å². The Kier molecular flexibility index (Phi) is 8.12. The number of hydrogen-bond donors (Lipinski definition) is 2. The van der Waals surface area contributed by atoms with Crippen LogP contribution in [0.25, 0.3) is 10.9 Å². The lowest BCUT2D eigenvalue weighted by Gasteiger charge is -2.27. The fourth-order valence-corrected chi connectivity index (χ4v) is 4.12. The van der Waals surface area contributed by atoms with Gasteiger partial charge in [-0.1, -0.05) is 17.2 Å². The second kappa shape index (κ2) is 11.4. The summed E-state index contributed by atoms with van der Waals surface area (Å²) in [6, 6.07) is 7.80. The minimum absolute atomic E-state index is 0.000510. The Bertz CT molecular complexity index is 1240. The molecule has 0 spiro atoms. The number of halogens is 2. The van der Waals surface area contributed by atoms with Crippen molar-refractivity contribution in [1.29, 1.82) is 0 Å². The highest BCUT2D eigenvalue weighted by Gasteiger charge is 2.16. The van der Waals surface area contributed by atoms with Crippen LogP contribution < -0.4 is 15.4 Å². The minimum Gasteiger partial charge on any atom is -0.494 e. The van der Waals surface area contributed by atoms with Gasteiger partial charge in [-0.05, 0) is 37.1 Å². The molecule has 8 nitrogen and oxygen atoms in total. The first kappa shape index (κ1) is 24.8. The normalized spacial score (nSPS) is 14.1. The topological polar surface area (TPSA) is 88.6 Å². The summed E-state index contributed by atoms with van der Waals surface area (Å²) in [5.74, 6) is 0.236. The molecule has 0 radical (unpaired) electrons. The minimum atomic E-state index is -0.505. The zero-order valence-electron chi connectivity index (χ0n) is 19.6. The number of rotatable bonds is 8. The van der Waals surface area contributed by atoms with Crippen LogP contribution in [0.5, 0.6) is 5.75 Å². The number of ether oxygens (including phenoxy) is 2. The van der Waals surface area contributed by atoms with Gasteiger partial charge in [0.2, 0.25) is 5.91 Å². The Balaban J connectivity index is 1.54. The van der Waals surface area contributed by atoms with Crippen molar-refractivity contribution in [3.8, 4) is 5.75 Å². The molecule has 10 heteroatoms. The third kappa shape index (κ3) is 6.25. The largest absolute Gasteiger partial charge is 0.494 e. The highest BCUT2D eigenvalue weighted by molar-refractivity contribution is 6.31. The summed E-state index contributed by atoms with van der Waals surface area (Å²) < 4.78 is 24.2. The molecule has 2 heterocycles. The summed E-state index contributed by atoms with van der Waals surface area (Å²) in [5.41, 5.74) is 2.79. The van der Waals surface area contributed by atoms with Crippen LogP contribution in [0.2, 0.25) is 5.02 Å². The van der Waals surface area contributed by atoms with Gasteiger partial charge in [-0.15, -0.1) is 0 Å². The molecule has 35 heavy (non-hydrogen) atoms. The highest BCUT2D eigenvalue weighted by atomic mass is 35.5. The molecule has 1 saturated heterocycles. The second-order valence-electron chi connectivity index (χ2n) is 8.17. The van der Waals surface area contributed by atoms with Gasteiger partial charge in [0.25, 0.3) is 0 Å². The van der Waals surface area contributed by atoms with Crippen LogP contribution in [0.15, 0.2) is 48.3 Å². The van der Waals surface area contributed by atoms with Gasteiger partial charge in [0, 0.05) is 50.0 Å². The van der Waals surface area contributed by atoms with E-state index in [1.807, 2.05) is 0 Å². The zero-order chi connectivity index (χ0) is 24.8. The summed E-state index contributed by atoms with van der Waals surface area (Å²) in [6.45, 7) is 3.41. The summed E-state index contributed by atoms with van der Waals surface area (Å²) in [5, 5.41) is 6.72. The average molecular weight is 500 g/mol. The van der Waals surface area contributed by atoms with Crippen LogP contribution >= 0.6 is 11.6 Å². The van der Waals surface area contributed by atoms with Crippen LogP contribution in [-0.4, -0.2) is 61.2 Å². The molecule has 2 N–H and O–H groups in total. The molecule has 1 aliphatic heterocycles. The zero-order valence-corrected chi connectivity index (χ0v) is 20.4. The van der Waals surface area contributed by atoms with Crippen LogP contribution in [0, 0.1) is 5.82 Å². The first-order chi connectivity index (χ1) is 17.0. The number of likely N-dealkylation sites (tertiary alicyclic amines) is 1. The summed E-state index contributed by atoms with van der Waals surface area (Å²) in [7, 11) is 3.23. The van der Waals surface area contributed by atoms with E-state index in [-0.39, 0.29) is 10.9 Å². The number of carbonyl (C=O) groups is 1. The maximum Gasteiger partial charge on any atom is 0.248 e.